The van der Waals surface area contributed by atoms with E-state index in [-0.39, 0.29) is 22.7 Å². The third-order valence-electron chi connectivity index (χ3n) is 2.58. The van der Waals surface area contributed by atoms with Crippen LogP contribution in [-0.4, -0.2) is 22.6 Å². The largest absolute Gasteiger partial charge is 0.478 e. The maximum atomic E-state index is 11.6. The van der Waals surface area contributed by atoms with Crippen LogP contribution in [0.5, 0.6) is 0 Å². The highest BCUT2D eigenvalue weighted by Crippen LogP contribution is 2.27. The highest BCUT2D eigenvalue weighted by atomic mass is 16.4. The number of aromatic carboxylic acids is 1. The van der Waals surface area contributed by atoms with Gasteiger partial charge in [-0.05, 0) is 25.1 Å². The molecule has 0 saturated carbocycles. The summed E-state index contributed by atoms with van der Waals surface area (Å²) >= 11 is 0. The fourth-order valence-electron chi connectivity index (χ4n) is 1.68. The van der Waals surface area contributed by atoms with Crippen molar-refractivity contribution in [1.29, 1.82) is 0 Å². The third-order valence-corrected chi connectivity index (χ3v) is 2.58. The van der Waals surface area contributed by atoms with Crippen molar-refractivity contribution < 1.29 is 19.5 Å². The van der Waals surface area contributed by atoms with Crippen molar-refractivity contribution >= 4 is 17.5 Å². The molecule has 1 aliphatic carbocycles. The number of hydrogen-bond acceptors (Lipinski definition) is 3. The second-order valence-corrected chi connectivity index (χ2v) is 3.52. The first-order chi connectivity index (χ1) is 7.02. The number of benzene rings is 1. The lowest BCUT2D eigenvalue weighted by atomic mass is 10.1. The molecule has 1 aromatic rings. The van der Waals surface area contributed by atoms with Gasteiger partial charge in [-0.1, -0.05) is 0 Å². The van der Waals surface area contributed by atoms with Gasteiger partial charge in [-0.25, -0.2) is 4.79 Å². The van der Waals surface area contributed by atoms with Gasteiger partial charge in [0.2, 0.25) is 0 Å². The van der Waals surface area contributed by atoms with Gasteiger partial charge in [-0.3, -0.25) is 9.59 Å². The van der Waals surface area contributed by atoms with Crippen molar-refractivity contribution in [3.63, 3.8) is 0 Å². The quantitative estimate of drug-likeness (QED) is 0.702. The first kappa shape index (κ1) is 9.58. The van der Waals surface area contributed by atoms with Crippen LogP contribution >= 0.6 is 0 Å². The van der Waals surface area contributed by atoms with Crippen LogP contribution in [0.3, 0.4) is 0 Å². The summed E-state index contributed by atoms with van der Waals surface area (Å²) in [5, 5.41) is 8.74. The van der Waals surface area contributed by atoms with Crippen LogP contribution in [0.25, 0.3) is 0 Å². The van der Waals surface area contributed by atoms with Crippen molar-refractivity contribution in [1.82, 2.24) is 0 Å². The van der Waals surface area contributed by atoms with Crippen LogP contribution in [0, 0.1) is 5.92 Å². The summed E-state index contributed by atoms with van der Waals surface area (Å²) in [4.78, 5) is 33.8. The zero-order chi connectivity index (χ0) is 11.2. The second kappa shape index (κ2) is 3.02. The number of carbonyl (C=O) groups excluding carboxylic acids is 2. The molecule has 76 valence electrons. The van der Waals surface area contributed by atoms with Crippen LogP contribution in [0.2, 0.25) is 0 Å². The van der Waals surface area contributed by atoms with Crippen molar-refractivity contribution in [2.45, 2.75) is 6.92 Å². The van der Waals surface area contributed by atoms with E-state index < -0.39 is 11.9 Å². The molecule has 0 radical (unpaired) electrons. The molecule has 1 atom stereocenters. The molecule has 1 aromatic carbocycles. The van der Waals surface area contributed by atoms with Gasteiger partial charge in [-0.2, -0.15) is 0 Å². The van der Waals surface area contributed by atoms with Crippen LogP contribution < -0.4 is 0 Å². The summed E-state index contributed by atoms with van der Waals surface area (Å²) in [5.74, 6) is -2.30. The average molecular weight is 204 g/mol. The number of fused-ring (bicyclic) bond motifs is 1. The fraction of sp³-hybridized carbons (Fsp3) is 0.182. The number of hydrogen-bond donors (Lipinski definition) is 1. The third kappa shape index (κ3) is 1.26. The molecule has 0 aromatic heterocycles. The van der Waals surface area contributed by atoms with Gasteiger partial charge in [0, 0.05) is 11.1 Å². The SMILES string of the molecule is CC1C(=O)c2ccc(C(=O)O)cc2C1=O. The first-order valence-electron chi connectivity index (χ1n) is 4.48. The Morgan fingerprint density at radius 3 is 2.40 bits per heavy atom. The Hall–Kier alpha value is -1.97. The Morgan fingerprint density at radius 1 is 1.20 bits per heavy atom. The molecule has 4 heteroatoms. The molecule has 2 rings (SSSR count). The average Bonchev–Trinajstić information content (AvgIpc) is 2.44. The van der Waals surface area contributed by atoms with Crippen LogP contribution in [0.4, 0.5) is 0 Å². The number of Topliss-reactive ketones (excluding diaryl/α,β-unsaturated/α-hetero) is 2. The predicted octanol–water partition coefficient (Wildman–Crippen LogP) is 1.40. The van der Waals surface area contributed by atoms with E-state index in [0.29, 0.717) is 5.56 Å². The molecular weight excluding hydrogens is 196 g/mol. The summed E-state index contributed by atoms with van der Waals surface area (Å²) in [5.41, 5.74) is 0.592. The van der Waals surface area contributed by atoms with Gasteiger partial charge in [0.15, 0.2) is 11.6 Å². The minimum absolute atomic E-state index is 0.0315. The van der Waals surface area contributed by atoms with Gasteiger partial charge >= 0.3 is 5.97 Å². The summed E-state index contributed by atoms with van der Waals surface area (Å²) in [6.45, 7) is 1.53. The highest BCUT2D eigenvalue weighted by molar-refractivity contribution is 6.26. The molecule has 0 aliphatic heterocycles. The van der Waals surface area contributed by atoms with E-state index in [1.807, 2.05) is 0 Å². The molecular formula is C11H8O4. The molecule has 0 heterocycles. The molecule has 1 unspecified atom stereocenters. The maximum Gasteiger partial charge on any atom is 0.335 e. The van der Waals surface area contributed by atoms with Gasteiger partial charge in [-0.15, -0.1) is 0 Å². The lowest BCUT2D eigenvalue weighted by Crippen LogP contribution is -2.09. The monoisotopic (exact) mass is 204 g/mol. The molecule has 0 bridgehead atoms. The number of rotatable bonds is 1. The Balaban J connectivity index is 2.61. The Morgan fingerprint density at radius 2 is 1.80 bits per heavy atom. The van der Waals surface area contributed by atoms with Crippen molar-refractivity contribution in [3.05, 3.63) is 34.9 Å². The normalized spacial score (nSPS) is 19.1. The molecule has 0 spiro atoms. The number of carbonyl (C=O) groups is 3. The Kier molecular flexibility index (Phi) is 1.93. The minimum Gasteiger partial charge on any atom is -0.478 e. The zero-order valence-corrected chi connectivity index (χ0v) is 7.98. The summed E-state index contributed by atoms with van der Waals surface area (Å²) in [6.07, 6.45) is 0. The summed E-state index contributed by atoms with van der Waals surface area (Å²) < 4.78 is 0. The van der Waals surface area contributed by atoms with E-state index in [4.69, 9.17) is 5.11 Å². The molecule has 1 aliphatic rings. The number of ketones is 2. The predicted molar refractivity (Wildman–Crippen MR) is 51.2 cm³/mol. The van der Waals surface area contributed by atoms with Crippen LogP contribution in [-0.2, 0) is 0 Å². The van der Waals surface area contributed by atoms with Crippen molar-refractivity contribution in [2.24, 2.45) is 5.92 Å². The minimum atomic E-state index is -1.10. The molecule has 1 N–H and O–H groups in total. The van der Waals surface area contributed by atoms with Crippen molar-refractivity contribution in [2.75, 3.05) is 0 Å². The van der Waals surface area contributed by atoms with E-state index in [0.717, 1.165) is 0 Å². The summed E-state index contributed by atoms with van der Waals surface area (Å²) in [6, 6.07) is 4.01. The number of carboxylic acids is 1. The molecule has 0 fully saturated rings. The molecule has 15 heavy (non-hydrogen) atoms. The highest BCUT2D eigenvalue weighted by Gasteiger charge is 2.35. The van der Waals surface area contributed by atoms with E-state index in [9.17, 15) is 14.4 Å². The topological polar surface area (TPSA) is 71.4 Å². The molecule has 0 saturated heterocycles. The molecule has 4 nitrogen and oxygen atoms in total. The van der Waals surface area contributed by atoms with E-state index in [1.54, 1.807) is 0 Å². The van der Waals surface area contributed by atoms with Gasteiger partial charge in [0.05, 0.1) is 11.5 Å². The lowest BCUT2D eigenvalue weighted by Gasteiger charge is -1.97. The number of carboxylic acid groups (broad SMARTS) is 1. The smallest absolute Gasteiger partial charge is 0.335 e. The second-order valence-electron chi connectivity index (χ2n) is 3.52. The van der Waals surface area contributed by atoms with E-state index >= 15 is 0 Å². The van der Waals surface area contributed by atoms with E-state index in [1.165, 1.54) is 25.1 Å². The van der Waals surface area contributed by atoms with Crippen LogP contribution in [0.15, 0.2) is 18.2 Å². The van der Waals surface area contributed by atoms with Gasteiger partial charge in [0.25, 0.3) is 0 Å². The van der Waals surface area contributed by atoms with Gasteiger partial charge < -0.3 is 5.11 Å². The first-order valence-corrected chi connectivity index (χ1v) is 4.48. The summed E-state index contributed by atoms with van der Waals surface area (Å²) in [7, 11) is 0. The van der Waals surface area contributed by atoms with E-state index in [2.05, 4.69) is 0 Å². The zero-order valence-electron chi connectivity index (χ0n) is 7.98. The van der Waals surface area contributed by atoms with Crippen LogP contribution in [0.1, 0.15) is 38.0 Å². The molecule has 0 amide bonds. The van der Waals surface area contributed by atoms with Gasteiger partial charge in [0.1, 0.15) is 0 Å². The standard InChI is InChI=1S/C11H8O4/c1-5-9(12)7-3-2-6(11(14)15)4-8(7)10(5)13/h2-5H,1H3,(H,14,15). The Bertz CT molecular complexity index is 487. The lowest BCUT2D eigenvalue weighted by molar-refractivity contribution is 0.0696. The Labute approximate surface area is 85.5 Å². The fourth-order valence-corrected chi connectivity index (χ4v) is 1.68. The van der Waals surface area contributed by atoms with Crippen molar-refractivity contribution in [3.8, 4) is 0 Å². The maximum absolute atomic E-state index is 11.6.